The molecule has 2 aliphatic rings. The van der Waals surface area contributed by atoms with Crippen molar-refractivity contribution in [3.05, 3.63) is 29.3 Å². The van der Waals surface area contributed by atoms with Crippen LogP contribution in [0.4, 0.5) is 5.69 Å². The van der Waals surface area contributed by atoms with Gasteiger partial charge < -0.3 is 20.3 Å². The lowest BCUT2D eigenvalue weighted by molar-refractivity contribution is 0.0372. The zero-order valence-electron chi connectivity index (χ0n) is 16.3. The fourth-order valence-electron chi connectivity index (χ4n) is 3.67. The fraction of sp³-hybridized carbons (Fsp3) is 0.650. The van der Waals surface area contributed by atoms with Crippen LogP contribution in [0.5, 0.6) is 0 Å². The molecule has 2 saturated heterocycles. The van der Waals surface area contributed by atoms with Crippen molar-refractivity contribution in [2.24, 2.45) is 4.99 Å². The van der Waals surface area contributed by atoms with Gasteiger partial charge in [0.15, 0.2) is 5.96 Å². The lowest BCUT2D eigenvalue weighted by atomic mass is 10.2. The van der Waals surface area contributed by atoms with Crippen LogP contribution < -0.4 is 15.5 Å². The van der Waals surface area contributed by atoms with Crippen molar-refractivity contribution in [3.8, 4) is 0 Å². The summed E-state index contributed by atoms with van der Waals surface area (Å²) in [4.78, 5) is 9.24. The number of halogens is 1. The summed E-state index contributed by atoms with van der Waals surface area (Å²) in [6, 6.07) is 8.49. The number of nitrogens with zero attached hydrogens (tertiary/aromatic N) is 3. The van der Waals surface area contributed by atoms with E-state index in [4.69, 9.17) is 16.3 Å². The van der Waals surface area contributed by atoms with Gasteiger partial charge in [-0.3, -0.25) is 9.89 Å². The molecule has 0 amide bonds. The van der Waals surface area contributed by atoms with Crippen LogP contribution in [0, 0.1) is 0 Å². The van der Waals surface area contributed by atoms with Crippen LogP contribution in [-0.4, -0.2) is 76.4 Å². The Labute approximate surface area is 167 Å². The van der Waals surface area contributed by atoms with E-state index in [1.54, 1.807) is 0 Å². The van der Waals surface area contributed by atoms with Gasteiger partial charge in [-0.1, -0.05) is 17.7 Å². The molecule has 2 aliphatic heterocycles. The highest BCUT2D eigenvalue weighted by Gasteiger charge is 2.23. The third kappa shape index (κ3) is 6.55. The van der Waals surface area contributed by atoms with Gasteiger partial charge in [0.05, 0.1) is 13.2 Å². The molecular weight excluding hydrogens is 362 g/mol. The van der Waals surface area contributed by atoms with Gasteiger partial charge in [-0.05, 0) is 44.0 Å². The predicted octanol–water partition coefficient (Wildman–Crippen LogP) is 2.20. The Bertz CT molecular complexity index is 606. The molecule has 0 aromatic heterocycles. The molecule has 27 heavy (non-hydrogen) atoms. The van der Waals surface area contributed by atoms with Crippen molar-refractivity contribution in [1.29, 1.82) is 0 Å². The van der Waals surface area contributed by atoms with Crippen LogP contribution in [-0.2, 0) is 4.74 Å². The summed E-state index contributed by atoms with van der Waals surface area (Å²) < 4.78 is 5.39. The Morgan fingerprint density at radius 3 is 2.89 bits per heavy atom. The summed E-state index contributed by atoms with van der Waals surface area (Å²) in [5.74, 6) is 0.902. The Balaban J connectivity index is 1.33. The Morgan fingerprint density at radius 1 is 1.26 bits per heavy atom. The van der Waals surface area contributed by atoms with Crippen LogP contribution in [0.15, 0.2) is 29.3 Å². The minimum atomic E-state index is 0.406. The molecular formula is C20H32ClN5O. The monoisotopic (exact) mass is 393 g/mol. The molecule has 0 bridgehead atoms. The van der Waals surface area contributed by atoms with Crippen molar-refractivity contribution < 1.29 is 4.74 Å². The van der Waals surface area contributed by atoms with Crippen molar-refractivity contribution in [2.75, 3.05) is 64.4 Å². The lowest BCUT2D eigenvalue weighted by Gasteiger charge is -2.26. The van der Waals surface area contributed by atoms with Gasteiger partial charge in [0, 0.05) is 56.5 Å². The molecule has 6 nitrogen and oxygen atoms in total. The molecule has 0 saturated carbocycles. The van der Waals surface area contributed by atoms with E-state index in [9.17, 15) is 0 Å². The van der Waals surface area contributed by atoms with E-state index >= 15 is 0 Å². The zero-order valence-corrected chi connectivity index (χ0v) is 17.0. The molecule has 150 valence electrons. The normalized spacial score (nSPS) is 21.5. The SMILES string of the molecule is CN=C(NCCCCN1CCOCC1)NC1CCN(c2cccc(Cl)c2)C1. The standard InChI is InChI=1S/C20H32ClN5O/c1-22-20(23-8-2-3-9-25-11-13-27-14-12-25)24-18-7-10-26(16-18)19-6-4-5-17(21)15-19/h4-6,15,18H,2-3,7-14,16H2,1H3,(H2,22,23,24). The minimum Gasteiger partial charge on any atom is -0.379 e. The fourth-order valence-corrected chi connectivity index (χ4v) is 3.85. The largest absolute Gasteiger partial charge is 0.379 e. The van der Waals surface area contributed by atoms with Crippen molar-refractivity contribution in [2.45, 2.75) is 25.3 Å². The molecule has 7 heteroatoms. The van der Waals surface area contributed by atoms with Gasteiger partial charge >= 0.3 is 0 Å². The van der Waals surface area contributed by atoms with Crippen LogP contribution in [0.1, 0.15) is 19.3 Å². The number of nitrogens with one attached hydrogen (secondary N) is 2. The number of unbranched alkanes of at least 4 members (excludes halogenated alkanes) is 1. The van der Waals surface area contributed by atoms with Gasteiger partial charge in [0.25, 0.3) is 0 Å². The first kappa shape index (κ1) is 20.2. The van der Waals surface area contributed by atoms with E-state index in [1.165, 1.54) is 12.1 Å². The molecule has 3 rings (SSSR count). The number of hydrogen-bond donors (Lipinski definition) is 2. The number of rotatable bonds is 7. The predicted molar refractivity (Wildman–Crippen MR) is 113 cm³/mol. The van der Waals surface area contributed by atoms with E-state index < -0.39 is 0 Å². The number of ether oxygens (including phenoxy) is 1. The molecule has 1 unspecified atom stereocenters. The highest BCUT2D eigenvalue weighted by atomic mass is 35.5. The summed E-state index contributed by atoms with van der Waals surface area (Å²) in [5.41, 5.74) is 1.19. The molecule has 1 aromatic rings. The quantitative estimate of drug-likeness (QED) is 0.422. The van der Waals surface area contributed by atoms with Crippen LogP contribution in [0.25, 0.3) is 0 Å². The molecule has 1 atom stereocenters. The number of aliphatic imine (C=N–C) groups is 1. The number of guanidine groups is 1. The number of anilines is 1. The molecule has 0 radical (unpaired) electrons. The third-order valence-corrected chi connectivity index (χ3v) is 5.46. The second-order valence-corrected chi connectivity index (χ2v) is 7.65. The first-order chi connectivity index (χ1) is 13.2. The summed E-state index contributed by atoms with van der Waals surface area (Å²) in [6.07, 6.45) is 3.46. The minimum absolute atomic E-state index is 0.406. The van der Waals surface area contributed by atoms with Crippen molar-refractivity contribution >= 4 is 23.2 Å². The summed E-state index contributed by atoms with van der Waals surface area (Å²) in [5, 5.41) is 7.80. The van der Waals surface area contributed by atoms with E-state index in [-0.39, 0.29) is 0 Å². The van der Waals surface area contributed by atoms with Gasteiger partial charge in [0.2, 0.25) is 0 Å². The molecule has 2 fully saturated rings. The van der Waals surface area contributed by atoms with Crippen LogP contribution in [0.3, 0.4) is 0 Å². The van der Waals surface area contributed by atoms with E-state index in [0.29, 0.717) is 6.04 Å². The first-order valence-electron chi connectivity index (χ1n) is 10.0. The first-order valence-corrected chi connectivity index (χ1v) is 10.4. The number of benzene rings is 1. The lowest BCUT2D eigenvalue weighted by Crippen LogP contribution is -2.45. The smallest absolute Gasteiger partial charge is 0.191 e. The second-order valence-electron chi connectivity index (χ2n) is 7.22. The van der Waals surface area contributed by atoms with E-state index in [2.05, 4.69) is 31.5 Å². The summed E-state index contributed by atoms with van der Waals surface area (Å²) in [6.45, 7) is 8.02. The molecule has 2 heterocycles. The van der Waals surface area contributed by atoms with Gasteiger partial charge in [-0.25, -0.2) is 0 Å². The molecule has 0 aliphatic carbocycles. The maximum absolute atomic E-state index is 6.12. The van der Waals surface area contributed by atoms with Gasteiger partial charge in [-0.15, -0.1) is 0 Å². The van der Waals surface area contributed by atoms with Gasteiger partial charge in [0.1, 0.15) is 0 Å². The Kier molecular flexibility index (Phi) is 8.05. The highest BCUT2D eigenvalue weighted by Crippen LogP contribution is 2.23. The topological polar surface area (TPSA) is 52.1 Å². The van der Waals surface area contributed by atoms with Crippen LogP contribution >= 0.6 is 11.6 Å². The van der Waals surface area contributed by atoms with Crippen molar-refractivity contribution in [3.63, 3.8) is 0 Å². The van der Waals surface area contributed by atoms with Crippen LogP contribution in [0.2, 0.25) is 5.02 Å². The Morgan fingerprint density at radius 2 is 2.11 bits per heavy atom. The van der Waals surface area contributed by atoms with Crippen molar-refractivity contribution in [1.82, 2.24) is 15.5 Å². The summed E-state index contributed by atoms with van der Waals surface area (Å²) >= 11 is 6.12. The second kappa shape index (κ2) is 10.7. The zero-order chi connectivity index (χ0) is 18.9. The van der Waals surface area contributed by atoms with E-state index in [1.807, 2.05) is 25.2 Å². The average molecular weight is 394 g/mol. The third-order valence-electron chi connectivity index (χ3n) is 5.22. The average Bonchev–Trinajstić information content (AvgIpc) is 3.16. The highest BCUT2D eigenvalue weighted by molar-refractivity contribution is 6.30. The molecule has 1 aromatic carbocycles. The maximum Gasteiger partial charge on any atom is 0.191 e. The Hall–Kier alpha value is -1.50. The summed E-state index contributed by atoms with van der Waals surface area (Å²) in [7, 11) is 1.84. The number of morpholine rings is 1. The molecule has 2 N–H and O–H groups in total. The molecule has 0 spiro atoms. The maximum atomic E-state index is 6.12. The van der Waals surface area contributed by atoms with E-state index in [0.717, 1.165) is 76.3 Å². The number of hydrogen-bond acceptors (Lipinski definition) is 4. The van der Waals surface area contributed by atoms with Gasteiger partial charge in [-0.2, -0.15) is 0 Å².